The Morgan fingerprint density at radius 2 is 1.86 bits per heavy atom. The first kappa shape index (κ1) is 15.4. The Morgan fingerprint density at radius 3 is 2.50 bits per heavy atom. The second kappa shape index (κ2) is 7.17. The third-order valence-corrected chi connectivity index (χ3v) is 3.18. The normalized spacial score (nSPS) is 10.6. The van der Waals surface area contributed by atoms with Gasteiger partial charge in [-0.1, -0.05) is 31.2 Å². The maximum absolute atomic E-state index is 11.9. The van der Waals surface area contributed by atoms with E-state index in [0.717, 1.165) is 6.42 Å². The Labute approximate surface area is 128 Å². The molecule has 0 aromatic heterocycles. The number of nitro benzene ring substituents is 1. The standard InChI is InChI=1S/C17H16N2O3/c1-2-13-7-10-15(11-8-13)18-17(20)12-9-14-5-3-4-6-16(14)19(21)22/h3-12H,2H2,1H3,(H,18,20). The van der Waals surface area contributed by atoms with Crippen molar-refractivity contribution in [2.45, 2.75) is 13.3 Å². The number of hydrogen-bond donors (Lipinski definition) is 1. The molecule has 1 amide bonds. The molecular weight excluding hydrogens is 280 g/mol. The Morgan fingerprint density at radius 1 is 1.18 bits per heavy atom. The molecule has 1 N–H and O–H groups in total. The van der Waals surface area contributed by atoms with Crippen LogP contribution < -0.4 is 5.32 Å². The molecule has 5 heteroatoms. The highest BCUT2D eigenvalue weighted by Crippen LogP contribution is 2.19. The average Bonchev–Trinajstić information content (AvgIpc) is 2.54. The number of nitro groups is 1. The fraction of sp³-hybridized carbons (Fsp3) is 0.118. The van der Waals surface area contributed by atoms with Gasteiger partial charge in [0, 0.05) is 17.8 Å². The van der Waals surface area contributed by atoms with E-state index in [0.29, 0.717) is 11.3 Å². The number of carbonyl (C=O) groups is 1. The zero-order valence-electron chi connectivity index (χ0n) is 12.2. The number of anilines is 1. The van der Waals surface area contributed by atoms with E-state index >= 15 is 0 Å². The predicted octanol–water partition coefficient (Wildman–Crippen LogP) is 3.81. The molecule has 0 unspecified atom stereocenters. The Kier molecular flexibility index (Phi) is 5.03. The molecule has 0 saturated heterocycles. The van der Waals surface area contributed by atoms with Crippen LogP contribution in [0.25, 0.3) is 6.08 Å². The summed E-state index contributed by atoms with van der Waals surface area (Å²) in [6.45, 7) is 2.06. The molecule has 2 rings (SSSR count). The number of hydrogen-bond acceptors (Lipinski definition) is 3. The third kappa shape index (κ3) is 4.02. The van der Waals surface area contributed by atoms with Crippen molar-refractivity contribution in [3.8, 4) is 0 Å². The largest absolute Gasteiger partial charge is 0.323 e. The second-order valence-corrected chi connectivity index (χ2v) is 4.69. The van der Waals surface area contributed by atoms with Gasteiger partial charge in [-0.2, -0.15) is 0 Å². The molecule has 0 fully saturated rings. The summed E-state index contributed by atoms with van der Waals surface area (Å²) >= 11 is 0. The van der Waals surface area contributed by atoms with Crippen LogP contribution in [0.2, 0.25) is 0 Å². The molecule has 22 heavy (non-hydrogen) atoms. The van der Waals surface area contributed by atoms with Gasteiger partial charge in [0.2, 0.25) is 5.91 Å². The van der Waals surface area contributed by atoms with Crippen LogP contribution >= 0.6 is 0 Å². The molecule has 2 aromatic carbocycles. The van der Waals surface area contributed by atoms with Crippen molar-refractivity contribution >= 4 is 23.4 Å². The molecular formula is C17H16N2O3. The smallest absolute Gasteiger partial charge is 0.276 e. The quantitative estimate of drug-likeness (QED) is 0.518. The molecule has 2 aromatic rings. The zero-order chi connectivity index (χ0) is 15.9. The molecule has 0 aliphatic heterocycles. The molecule has 0 spiro atoms. The molecule has 0 bridgehead atoms. The van der Waals surface area contributed by atoms with Crippen LogP contribution in [-0.4, -0.2) is 10.8 Å². The van der Waals surface area contributed by atoms with Crippen LogP contribution in [0.4, 0.5) is 11.4 Å². The van der Waals surface area contributed by atoms with Gasteiger partial charge in [-0.05, 0) is 36.3 Å². The fourth-order valence-corrected chi connectivity index (χ4v) is 1.97. The van der Waals surface area contributed by atoms with Gasteiger partial charge in [0.1, 0.15) is 0 Å². The first-order valence-corrected chi connectivity index (χ1v) is 6.91. The van der Waals surface area contributed by atoms with E-state index in [1.54, 1.807) is 18.2 Å². The monoisotopic (exact) mass is 296 g/mol. The minimum Gasteiger partial charge on any atom is -0.323 e. The summed E-state index contributed by atoms with van der Waals surface area (Å²) in [4.78, 5) is 22.3. The molecule has 0 saturated carbocycles. The van der Waals surface area contributed by atoms with E-state index in [1.807, 2.05) is 24.3 Å². The number of rotatable bonds is 5. The van der Waals surface area contributed by atoms with Crippen LogP contribution in [0.3, 0.4) is 0 Å². The van der Waals surface area contributed by atoms with E-state index < -0.39 is 4.92 Å². The summed E-state index contributed by atoms with van der Waals surface area (Å²) in [7, 11) is 0. The summed E-state index contributed by atoms with van der Waals surface area (Å²) in [5.41, 5.74) is 2.24. The van der Waals surface area contributed by atoms with E-state index in [2.05, 4.69) is 12.2 Å². The lowest BCUT2D eigenvalue weighted by Crippen LogP contribution is -2.07. The van der Waals surface area contributed by atoms with Gasteiger partial charge in [0.05, 0.1) is 10.5 Å². The Bertz CT molecular complexity index is 706. The van der Waals surface area contributed by atoms with Gasteiger partial charge in [-0.15, -0.1) is 0 Å². The number of benzene rings is 2. The van der Waals surface area contributed by atoms with Crippen molar-refractivity contribution in [2.24, 2.45) is 0 Å². The van der Waals surface area contributed by atoms with Crippen molar-refractivity contribution in [2.75, 3.05) is 5.32 Å². The van der Waals surface area contributed by atoms with E-state index in [-0.39, 0.29) is 11.6 Å². The molecule has 0 radical (unpaired) electrons. The highest BCUT2D eigenvalue weighted by Gasteiger charge is 2.09. The lowest BCUT2D eigenvalue weighted by atomic mass is 10.1. The Hall–Kier alpha value is -2.95. The highest BCUT2D eigenvalue weighted by molar-refractivity contribution is 6.02. The number of carbonyl (C=O) groups excluding carboxylic acids is 1. The highest BCUT2D eigenvalue weighted by atomic mass is 16.6. The summed E-state index contributed by atoms with van der Waals surface area (Å²) in [5, 5.41) is 13.6. The first-order chi connectivity index (χ1) is 10.6. The predicted molar refractivity (Wildman–Crippen MR) is 86.6 cm³/mol. The van der Waals surface area contributed by atoms with Crippen molar-refractivity contribution in [1.82, 2.24) is 0 Å². The molecule has 5 nitrogen and oxygen atoms in total. The summed E-state index contributed by atoms with van der Waals surface area (Å²) < 4.78 is 0. The first-order valence-electron chi connectivity index (χ1n) is 6.91. The third-order valence-electron chi connectivity index (χ3n) is 3.18. The molecule has 112 valence electrons. The molecule has 0 atom stereocenters. The van der Waals surface area contributed by atoms with E-state index in [1.165, 1.54) is 23.8 Å². The fourth-order valence-electron chi connectivity index (χ4n) is 1.97. The topological polar surface area (TPSA) is 72.2 Å². The average molecular weight is 296 g/mol. The van der Waals surface area contributed by atoms with Crippen molar-refractivity contribution < 1.29 is 9.72 Å². The van der Waals surface area contributed by atoms with Crippen molar-refractivity contribution in [3.63, 3.8) is 0 Å². The van der Waals surface area contributed by atoms with Crippen LogP contribution in [0.1, 0.15) is 18.1 Å². The minimum absolute atomic E-state index is 0.0288. The molecule has 0 heterocycles. The van der Waals surface area contributed by atoms with Crippen LogP contribution in [0.5, 0.6) is 0 Å². The van der Waals surface area contributed by atoms with Crippen molar-refractivity contribution in [3.05, 3.63) is 75.8 Å². The Balaban J connectivity index is 2.06. The van der Waals surface area contributed by atoms with E-state index in [9.17, 15) is 14.9 Å². The summed E-state index contributed by atoms with van der Waals surface area (Å²) in [5.74, 6) is -0.331. The summed E-state index contributed by atoms with van der Waals surface area (Å²) in [6.07, 6.45) is 3.66. The van der Waals surface area contributed by atoms with Gasteiger partial charge in [-0.25, -0.2) is 0 Å². The maximum Gasteiger partial charge on any atom is 0.276 e. The van der Waals surface area contributed by atoms with Gasteiger partial charge >= 0.3 is 0 Å². The number of aryl methyl sites for hydroxylation is 1. The van der Waals surface area contributed by atoms with Crippen molar-refractivity contribution in [1.29, 1.82) is 0 Å². The molecule has 0 aliphatic rings. The number of amides is 1. The molecule has 0 aliphatic carbocycles. The van der Waals surface area contributed by atoms with Crippen LogP contribution in [-0.2, 0) is 11.2 Å². The van der Waals surface area contributed by atoms with E-state index in [4.69, 9.17) is 0 Å². The van der Waals surface area contributed by atoms with Gasteiger partial charge in [-0.3, -0.25) is 14.9 Å². The minimum atomic E-state index is -0.471. The SMILES string of the molecule is CCc1ccc(NC(=O)C=Cc2ccccc2[N+](=O)[O-])cc1. The van der Waals surface area contributed by atoms with Crippen LogP contribution in [0.15, 0.2) is 54.6 Å². The summed E-state index contributed by atoms with van der Waals surface area (Å²) in [6, 6.07) is 13.8. The lowest BCUT2D eigenvalue weighted by molar-refractivity contribution is -0.385. The van der Waals surface area contributed by atoms with Gasteiger partial charge < -0.3 is 5.32 Å². The lowest BCUT2D eigenvalue weighted by Gasteiger charge is -2.03. The zero-order valence-corrected chi connectivity index (χ0v) is 12.2. The number of nitrogens with zero attached hydrogens (tertiary/aromatic N) is 1. The second-order valence-electron chi connectivity index (χ2n) is 4.69. The van der Waals surface area contributed by atoms with Gasteiger partial charge in [0.15, 0.2) is 0 Å². The maximum atomic E-state index is 11.9. The number of nitrogens with one attached hydrogen (secondary N) is 1. The number of para-hydroxylation sites is 1. The van der Waals surface area contributed by atoms with Gasteiger partial charge in [0.25, 0.3) is 5.69 Å². The van der Waals surface area contributed by atoms with Crippen LogP contribution in [0, 0.1) is 10.1 Å².